The van der Waals surface area contributed by atoms with Gasteiger partial charge < -0.3 is 9.47 Å². The molecule has 1 N–H and O–H groups in total. The van der Waals surface area contributed by atoms with Crippen molar-refractivity contribution in [3.05, 3.63) is 76.5 Å². The Balaban J connectivity index is 1.55. The number of methoxy groups -OCH3 is 1. The highest BCUT2D eigenvalue weighted by molar-refractivity contribution is 7.12. The Bertz CT molecular complexity index is 841. The van der Waals surface area contributed by atoms with Gasteiger partial charge in [-0.25, -0.2) is 4.79 Å². The Morgan fingerprint density at radius 1 is 1.04 bits per heavy atom. The van der Waals surface area contributed by atoms with E-state index in [1.165, 1.54) is 11.3 Å². The lowest BCUT2D eigenvalue weighted by molar-refractivity contribution is 0.0740. The van der Waals surface area contributed by atoms with E-state index in [1.54, 1.807) is 31.5 Å². The second kappa shape index (κ2) is 8.12. The van der Waals surface area contributed by atoms with Gasteiger partial charge in [0.15, 0.2) is 0 Å². The Hall–Kier alpha value is -3.12. The standard InChI is InChI=1S/C19H16N2O3S/c1-23-16-10-6-15(7-11-16)21-20-13-14-4-8-17(9-5-14)24-19(22)18-3-2-12-25-18/h2-13,21H,1H3/b20-13+. The zero-order chi connectivity index (χ0) is 17.5. The molecule has 0 bridgehead atoms. The molecule has 0 saturated heterocycles. The van der Waals surface area contributed by atoms with Gasteiger partial charge in [0.2, 0.25) is 0 Å². The average Bonchev–Trinajstić information content (AvgIpc) is 3.19. The van der Waals surface area contributed by atoms with Crippen molar-refractivity contribution >= 4 is 29.2 Å². The van der Waals surface area contributed by atoms with E-state index in [1.807, 2.05) is 47.8 Å². The number of thiophene rings is 1. The van der Waals surface area contributed by atoms with E-state index >= 15 is 0 Å². The van der Waals surface area contributed by atoms with Gasteiger partial charge in [-0.15, -0.1) is 11.3 Å². The van der Waals surface area contributed by atoms with Gasteiger partial charge in [0, 0.05) is 0 Å². The molecule has 0 aliphatic carbocycles. The maximum Gasteiger partial charge on any atom is 0.353 e. The molecule has 0 fully saturated rings. The van der Waals surface area contributed by atoms with Crippen LogP contribution in [0.15, 0.2) is 71.1 Å². The number of benzene rings is 2. The summed E-state index contributed by atoms with van der Waals surface area (Å²) in [5, 5.41) is 6.02. The fourth-order valence-corrected chi connectivity index (χ4v) is 2.62. The van der Waals surface area contributed by atoms with Gasteiger partial charge in [-0.2, -0.15) is 5.10 Å². The number of carbonyl (C=O) groups is 1. The summed E-state index contributed by atoms with van der Waals surface area (Å²) in [6.07, 6.45) is 1.69. The van der Waals surface area contributed by atoms with Crippen molar-refractivity contribution in [3.63, 3.8) is 0 Å². The molecule has 0 atom stereocenters. The molecule has 0 radical (unpaired) electrons. The molecule has 3 aromatic rings. The molecular weight excluding hydrogens is 336 g/mol. The number of esters is 1. The van der Waals surface area contributed by atoms with Gasteiger partial charge in [0.25, 0.3) is 0 Å². The number of rotatable bonds is 6. The van der Waals surface area contributed by atoms with Gasteiger partial charge in [0.05, 0.1) is 19.0 Å². The number of hydrogen-bond acceptors (Lipinski definition) is 6. The highest BCUT2D eigenvalue weighted by atomic mass is 32.1. The van der Waals surface area contributed by atoms with Crippen LogP contribution in [0, 0.1) is 0 Å². The molecule has 0 aliphatic rings. The summed E-state index contributed by atoms with van der Waals surface area (Å²) in [7, 11) is 1.63. The summed E-state index contributed by atoms with van der Waals surface area (Å²) in [5.74, 6) is 0.943. The van der Waals surface area contributed by atoms with Gasteiger partial charge in [-0.3, -0.25) is 5.43 Å². The van der Waals surface area contributed by atoms with Crippen LogP contribution in [0.1, 0.15) is 15.2 Å². The normalized spacial score (nSPS) is 10.6. The second-order valence-corrected chi connectivity index (χ2v) is 5.98. The molecule has 0 saturated carbocycles. The summed E-state index contributed by atoms with van der Waals surface area (Å²) in [6.45, 7) is 0. The predicted octanol–water partition coefficient (Wildman–Crippen LogP) is 4.42. The first-order valence-corrected chi connectivity index (χ1v) is 8.41. The summed E-state index contributed by atoms with van der Waals surface area (Å²) in [6, 6.07) is 18.2. The van der Waals surface area contributed by atoms with Crippen LogP contribution in [0.25, 0.3) is 0 Å². The third-order valence-corrected chi connectivity index (χ3v) is 4.16. The third-order valence-electron chi connectivity index (χ3n) is 3.31. The summed E-state index contributed by atoms with van der Waals surface area (Å²) >= 11 is 1.35. The number of ether oxygens (including phenoxy) is 2. The highest BCUT2D eigenvalue weighted by Gasteiger charge is 2.08. The van der Waals surface area contributed by atoms with Crippen LogP contribution < -0.4 is 14.9 Å². The van der Waals surface area contributed by atoms with Crippen molar-refractivity contribution in [2.24, 2.45) is 5.10 Å². The monoisotopic (exact) mass is 352 g/mol. The summed E-state index contributed by atoms with van der Waals surface area (Å²) in [5.41, 5.74) is 4.69. The predicted molar refractivity (Wildman–Crippen MR) is 99.9 cm³/mol. The summed E-state index contributed by atoms with van der Waals surface area (Å²) < 4.78 is 10.4. The minimum Gasteiger partial charge on any atom is -0.497 e. The molecule has 25 heavy (non-hydrogen) atoms. The van der Waals surface area contributed by atoms with E-state index in [9.17, 15) is 4.79 Å². The van der Waals surface area contributed by atoms with Crippen molar-refractivity contribution in [2.45, 2.75) is 0 Å². The Morgan fingerprint density at radius 2 is 1.76 bits per heavy atom. The van der Waals surface area contributed by atoms with E-state index in [4.69, 9.17) is 9.47 Å². The van der Waals surface area contributed by atoms with Crippen LogP contribution in [0.4, 0.5) is 5.69 Å². The fraction of sp³-hybridized carbons (Fsp3) is 0.0526. The zero-order valence-electron chi connectivity index (χ0n) is 13.5. The second-order valence-electron chi connectivity index (χ2n) is 5.03. The molecule has 1 heterocycles. The van der Waals surface area contributed by atoms with Gasteiger partial charge in [-0.05, 0) is 65.5 Å². The number of nitrogens with zero attached hydrogens (tertiary/aromatic N) is 1. The van der Waals surface area contributed by atoms with Crippen LogP contribution >= 0.6 is 11.3 Å². The van der Waals surface area contributed by atoms with Crippen molar-refractivity contribution < 1.29 is 14.3 Å². The quantitative estimate of drug-likeness (QED) is 0.309. The lowest BCUT2D eigenvalue weighted by Crippen LogP contribution is -2.06. The molecule has 0 amide bonds. The number of hydrogen-bond donors (Lipinski definition) is 1. The topological polar surface area (TPSA) is 59.9 Å². The lowest BCUT2D eigenvalue weighted by atomic mass is 10.2. The van der Waals surface area contributed by atoms with Crippen LogP contribution in [0.2, 0.25) is 0 Å². The maximum absolute atomic E-state index is 11.9. The summed E-state index contributed by atoms with van der Waals surface area (Å²) in [4.78, 5) is 12.5. The molecule has 2 aromatic carbocycles. The first-order valence-electron chi connectivity index (χ1n) is 7.53. The lowest BCUT2D eigenvalue weighted by Gasteiger charge is -2.03. The molecule has 6 heteroatoms. The molecular formula is C19H16N2O3S. The minimum atomic E-state index is -0.349. The van der Waals surface area contributed by atoms with Crippen molar-refractivity contribution in [1.29, 1.82) is 0 Å². The molecule has 3 rings (SSSR count). The smallest absolute Gasteiger partial charge is 0.353 e. The van der Waals surface area contributed by atoms with Crippen LogP contribution in [0.5, 0.6) is 11.5 Å². The molecule has 126 valence electrons. The average molecular weight is 352 g/mol. The van der Waals surface area contributed by atoms with E-state index in [0.29, 0.717) is 10.6 Å². The van der Waals surface area contributed by atoms with Gasteiger partial charge in [-0.1, -0.05) is 6.07 Å². The van der Waals surface area contributed by atoms with Crippen LogP contribution in [-0.4, -0.2) is 19.3 Å². The molecule has 0 spiro atoms. The van der Waals surface area contributed by atoms with Gasteiger partial charge in [0.1, 0.15) is 16.4 Å². The first kappa shape index (κ1) is 16.7. The minimum absolute atomic E-state index is 0.349. The molecule has 1 aromatic heterocycles. The maximum atomic E-state index is 11.9. The number of carbonyl (C=O) groups excluding carboxylic acids is 1. The molecule has 5 nitrogen and oxygen atoms in total. The van der Waals surface area contributed by atoms with E-state index < -0.39 is 0 Å². The largest absolute Gasteiger partial charge is 0.497 e. The van der Waals surface area contributed by atoms with E-state index in [0.717, 1.165) is 17.0 Å². The van der Waals surface area contributed by atoms with Crippen molar-refractivity contribution in [3.8, 4) is 11.5 Å². The highest BCUT2D eigenvalue weighted by Crippen LogP contribution is 2.17. The van der Waals surface area contributed by atoms with Crippen LogP contribution in [-0.2, 0) is 0 Å². The number of anilines is 1. The van der Waals surface area contributed by atoms with E-state index in [-0.39, 0.29) is 5.97 Å². The number of hydrazone groups is 1. The van der Waals surface area contributed by atoms with Crippen molar-refractivity contribution in [2.75, 3.05) is 12.5 Å². The number of nitrogens with one attached hydrogen (secondary N) is 1. The van der Waals surface area contributed by atoms with Crippen LogP contribution in [0.3, 0.4) is 0 Å². The fourth-order valence-electron chi connectivity index (χ4n) is 2.02. The molecule has 0 aliphatic heterocycles. The molecule has 0 unspecified atom stereocenters. The van der Waals surface area contributed by atoms with Gasteiger partial charge >= 0.3 is 5.97 Å². The Morgan fingerprint density at radius 3 is 2.40 bits per heavy atom. The van der Waals surface area contributed by atoms with E-state index in [2.05, 4.69) is 10.5 Å². The SMILES string of the molecule is COc1ccc(N/N=C/c2ccc(OC(=O)c3cccs3)cc2)cc1. The first-order chi connectivity index (χ1) is 12.2. The zero-order valence-corrected chi connectivity index (χ0v) is 14.3. The third kappa shape index (κ3) is 4.68. The Kier molecular flexibility index (Phi) is 5.43. The Labute approximate surface area is 149 Å². The van der Waals surface area contributed by atoms with Crippen molar-refractivity contribution in [1.82, 2.24) is 0 Å².